The molecule has 3 rings (SSSR count). The van der Waals surface area contributed by atoms with Crippen LogP contribution in [-0.2, 0) is 22.4 Å². The number of nitrogens with one attached hydrogen (secondary N) is 1. The number of morpholine rings is 1. The minimum Gasteiger partial charge on any atom is -0.481 e. The first-order valence-corrected chi connectivity index (χ1v) is 8.68. The number of carbonyl (C=O) groups is 2. The molecule has 2 N–H and O–H groups in total. The van der Waals surface area contributed by atoms with Crippen LogP contribution in [0.15, 0.2) is 0 Å². The molecule has 0 bridgehead atoms. The van der Waals surface area contributed by atoms with Gasteiger partial charge >= 0.3 is 0 Å². The molecule has 134 valence electrons. The number of aliphatic carboxylic acids is 1. The van der Waals surface area contributed by atoms with Crippen molar-refractivity contribution in [2.24, 2.45) is 5.92 Å². The predicted molar refractivity (Wildman–Crippen MR) is 91.6 cm³/mol. The Morgan fingerprint density at radius 2 is 2.00 bits per heavy atom. The molecule has 6 nitrogen and oxygen atoms in total. The average molecular weight is 336 g/mol. The molecule has 1 fully saturated rings. The van der Waals surface area contributed by atoms with Crippen LogP contribution in [0.3, 0.4) is 0 Å². The Morgan fingerprint density at radius 1 is 1.38 bits per heavy atom. The quantitative estimate of drug-likeness (QED) is 0.883. The lowest BCUT2D eigenvalue weighted by Crippen LogP contribution is -2.42. The molecule has 2 heterocycles. The van der Waals surface area contributed by atoms with Gasteiger partial charge in [-0.15, -0.1) is 0 Å². The van der Waals surface area contributed by atoms with Gasteiger partial charge in [0.1, 0.15) is 0 Å². The van der Waals surface area contributed by atoms with E-state index in [1.807, 2.05) is 0 Å². The SMILES string of the molecule is CC(=O)O.CCc1c(C)[nH]c2c1C(=O)C(CN1CCOCC1)CC2. The maximum atomic E-state index is 12.8. The number of aromatic nitrogens is 1. The summed E-state index contributed by atoms with van der Waals surface area (Å²) in [6, 6.07) is 0. The molecule has 0 spiro atoms. The largest absolute Gasteiger partial charge is 0.481 e. The van der Waals surface area contributed by atoms with Gasteiger partial charge in [0.25, 0.3) is 5.97 Å². The van der Waals surface area contributed by atoms with E-state index >= 15 is 0 Å². The Kier molecular flexibility index (Phi) is 6.57. The first-order valence-electron chi connectivity index (χ1n) is 8.68. The van der Waals surface area contributed by atoms with Crippen LogP contribution in [0.1, 0.15) is 47.6 Å². The molecule has 0 radical (unpaired) electrons. The summed E-state index contributed by atoms with van der Waals surface area (Å²) >= 11 is 0. The first-order chi connectivity index (χ1) is 11.4. The highest BCUT2D eigenvalue weighted by atomic mass is 16.5. The number of fused-ring (bicyclic) bond motifs is 1. The third-order valence-corrected chi connectivity index (χ3v) is 4.69. The van der Waals surface area contributed by atoms with E-state index in [4.69, 9.17) is 14.6 Å². The average Bonchev–Trinajstić information content (AvgIpc) is 2.87. The van der Waals surface area contributed by atoms with Crippen LogP contribution < -0.4 is 0 Å². The molecule has 1 aromatic rings. The number of carbonyl (C=O) groups excluding carboxylic acids is 1. The van der Waals surface area contributed by atoms with Crippen LogP contribution in [0.25, 0.3) is 0 Å². The Labute approximate surface area is 143 Å². The highest BCUT2D eigenvalue weighted by Gasteiger charge is 2.32. The molecule has 1 aliphatic carbocycles. The zero-order valence-corrected chi connectivity index (χ0v) is 14.9. The van der Waals surface area contributed by atoms with Crippen LogP contribution in [0.4, 0.5) is 0 Å². The lowest BCUT2D eigenvalue weighted by molar-refractivity contribution is -0.134. The van der Waals surface area contributed by atoms with E-state index < -0.39 is 5.97 Å². The van der Waals surface area contributed by atoms with Crippen molar-refractivity contribution in [3.8, 4) is 0 Å². The summed E-state index contributed by atoms with van der Waals surface area (Å²) in [5.41, 5.74) is 4.59. The van der Waals surface area contributed by atoms with Gasteiger partial charge < -0.3 is 14.8 Å². The minimum atomic E-state index is -0.833. The number of aromatic amines is 1. The summed E-state index contributed by atoms with van der Waals surface area (Å²) < 4.78 is 5.38. The predicted octanol–water partition coefficient (Wildman–Crippen LogP) is 2.05. The van der Waals surface area contributed by atoms with E-state index in [0.29, 0.717) is 5.78 Å². The molecule has 0 amide bonds. The molecule has 6 heteroatoms. The van der Waals surface area contributed by atoms with Crippen molar-refractivity contribution in [2.45, 2.75) is 40.0 Å². The van der Waals surface area contributed by atoms with Gasteiger partial charge in [0.2, 0.25) is 0 Å². The van der Waals surface area contributed by atoms with Gasteiger partial charge in [0, 0.05) is 49.4 Å². The molecule has 1 aromatic heterocycles. The van der Waals surface area contributed by atoms with Gasteiger partial charge in [-0.1, -0.05) is 6.92 Å². The Balaban J connectivity index is 0.000000471. The molecule has 1 atom stereocenters. The fraction of sp³-hybridized carbons (Fsp3) is 0.667. The summed E-state index contributed by atoms with van der Waals surface area (Å²) in [5.74, 6) is -0.306. The van der Waals surface area contributed by atoms with Gasteiger partial charge in [-0.25, -0.2) is 0 Å². The van der Waals surface area contributed by atoms with Crippen molar-refractivity contribution in [1.82, 2.24) is 9.88 Å². The number of ketones is 1. The van der Waals surface area contributed by atoms with Crippen molar-refractivity contribution in [1.29, 1.82) is 0 Å². The number of H-pyrrole nitrogens is 1. The number of rotatable bonds is 3. The Morgan fingerprint density at radius 3 is 2.58 bits per heavy atom. The lowest BCUT2D eigenvalue weighted by Gasteiger charge is -2.31. The standard InChI is InChI=1S/C16H24N2O2.C2H4O2/c1-3-13-11(2)17-14-5-4-12(16(19)15(13)14)10-18-6-8-20-9-7-18;1-2(3)4/h12,17H,3-10H2,1-2H3;1H3,(H,3,4). The van der Waals surface area contributed by atoms with Crippen molar-refractivity contribution < 1.29 is 19.4 Å². The van der Waals surface area contributed by atoms with Crippen LogP contribution in [0.2, 0.25) is 0 Å². The molecule has 2 aliphatic rings. The Hall–Kier alpha value is -1.66. The summed E-state index contributed by atoms with van der Waals surface area (Å²) in [4.78, 5) is 27.6. The first kappa shape index (κ1) is 18.7. The second-order valence-corrected chi connectivity index (χ2v) is 6.47. The maximum absolute atomic E-state index is 12.8. The second-order valence-electron chi connectivity index (χ2n) is 6.47. The zero-order valence-electron chi connectivity index (χ0n) is 14.9. The van der Waals surface area contributed by atoms with Crippen LogP contribution in [-0.4, -0.2) is 59.6 Å². The molecule has 1 saturated heterocycles. The molecule has 24 heavy (non-hydrogen) atoms. The summed E-state index contributed by atoms with van der Waals surface area (Å²) in [5, 5.41) is 7.42. The van der Waals surface area contributed by atoms with Crippen molar-refractivity contribution in [3.63, 3.8) is 0 Å². The Bertz CT molecular complexity index is 584. The van der Waals surface area contributed by atoms with Crippen molar-refractivity contribution >= 4 is 11.8 Å². The smallest absolute Gasteiger partial charge is 0.300 e. The molecular weight excluding hydrogens is 308 g/mol. The number of hydrogen-bond acceptors (Lipinski definition) is 4. The number of aryl methyl sites for hydroxylation is 2. The highest BCUT2D eigenvalue weighted by Crippen LogP contribution is 2.30. The molecule has 1 unspecified atom stereocenters. The van der Waals surface area contributed by atoms with E-state index in [1.165, 1.54) is 17.0 Å². The van der Waals surface area contributed by atoms with Gasteiger partial charge in [-0.05, 0) is 31.7 Å². The molecular formula is C18H28N2O4. The number of nitrogens with zero attached hydrogens (tertiary/aromatic N) is 1. The monoisotopic (exact) mass is 336 g/mol. The topological polar surface area (TPSA) is 82.6 Å². The minimum absolute atomic E-state index is 0.168. The normalized spacial score (nSPS) is 21.0. The van der Waals surface area contributed by atoms with Gasteiger partial charge in [-0.3, -0.25) is 14.5 Å². The highest BCUT2D eigenvalue weighted by molar-refractivity contribution is 6.01. The van der Waals surface area contributed by atoms with Gasteiger partial charge in [0.05, 0.1) is 13.2 Å². The van der Waals surface area contributed by atoms with E-state index in [-0.39, 0.29) is 5.92 Å². The maximum Gasteiger partial charge on any atom is 0.300 e. The van der Waals surface area contributed by atoms with Crippen molar-refractivity contribution in [3.05, 3.63) is 22.5 Å². The fourth-order valence-electron chi connectivity index (χ4n) is 3.58. The number of Topliss-reactive ketones (excluding diaryl/α,β-unsaturated/α-hetero) is 1. The number of carboxylic acids is 1. The summed E-state index contributed by atoms with van der Waals surface area (Å²) in [6.07, 6.45) is 2.93. The molecule has 0 aromatic carbocycles. The molecule has 1 aliphatic heterocycles. The van der Waals surface area contributed by atoms with Gasteiger partial charge in [0.15, 0.2) is 5.78 Å². The fourth-order valence-corrected chi connectivity index (χ4v) is 3.58. The van der Waals surface area contributed by atoms with Crippen LogP contribution in [0, 0.1) is 12.8 Å². The van der Waals surface area contributed by atoms with E-state index in [9.17, 15) is 4.79 Å². The summed E-state index contributed by atoms with van der Waals surface area (Å²) in [6.45, 7) is 9.73. The second kappa shape index (κ2) is 8.44. The molecule has 0 saturated carbocycles. The zero-order chi connectivity index (χ0) is 17.7. The van der Waals surface area contributed by atoms with Gasteiger partial charge in [-0.2, -0.15) is 0 Å². The van der Waals surface area contributed by atoms with Crippen LogP contribution >= 0.6 is 0 Å². The van der Waals surface area contributed by atoms with E-state index in [0.717, 1.165) is 64.6 Å². The van der Waals surface area contributed by atoms with Crippen LogP contribution in [0.5, 0.6) is 0 Å². The van der Waals surface area contributed by atoms with Crippen molar-refractivity contribution in [2.75, 3.05) is 32.8 Å². The summed E-state index contributed by atoms with van der Waals surface area (Å²) in [7, 11) is 0. The number of carboxylic acid groups (broad SMARTS) is 1. The lowest BCUT2D eigenvalue weighted by atomic mass is 9.83. The number of ether oxygens (including phenoxy) is 1. The third-order valence-electron chi connectivity index (χ3n) is 4.69. The van der Waals surface area contributed by atoms with E-state index in [1.54, 1.807) is 0 Å². The third kappa shape index (κ3) is 4.45. The number of hydrogen-bond donors (Lipinski definition) is 2. The van der Waals surface area contributed by atoms with E-state index in [2.05, 4.69) is 23.7 Å².